The van der Waals surface area contributed by atoms with Crippen molar-refractivity contribution < 1.29 is 0 Å². The average molecular weight is 395 g/mol. The van der Waals surface area contributed by atoms with Crippen molar-refractivity contribution in [1.29, 1.82) is 0 Å². The van der Waals surface area contributed by atoms with E-state index in [9.17, 15) is 0 Å². The summed E-state index contributed by atoms with van der Waals surface area (Å²) in [6.07, 6.45) is 13.3. The highest BCUT2D eigenvalue weighted by Crippen LogP contribution is 2.18. The first-order valence-electron chi connectivity index (χ1n) is 11.1. The van der Waals surface area contributed by atoms with Gasteiger partial charge in [0.15, 0.2) is 0 Å². The van der Waals surface area contributed by atoms with Crippen molar-refractivity contribution in [3.8, 4) is 0 Å². The standard InChI is InChI=1S/C27H42N2/c1-7-9-14-26(13-8-2)22(3)17-19-28-24(5)21-25(6)29-20-18-23(4)27-15-11-10-12-16-27/h7-16,22-25,28-29H,1-2,17-21H2,3-6H3/b14-9-,26-13+. The fourth-order valence-electron chi connectivity index (χ4n) is 3.60. The van der Waals surface area contributed by atoms with Crippen LogP contribution in [-0.4, -0.2) is 25.2 Å². The highest BCUT2D eigenvalue weighted by Gasteiger charge is 2.11. The van der Waals surface area contributed by atoms with Crippen LogP contribution in [0.5, 0.6) is 0 Å². The lowest BCUT2D eigenvalue weighted by molar-refractivity contribution is 0.410. The predicted molar refractivity (Wildman–Crippen MR) is 130 cm³/mol. The number of nitrogens with one attached hydrogen (secondary N) is 2. The third-order valence-corrected chi connectivity index (χ3v) is 5.52. The van der Waals surface area contributed by atoms with Gasteiger partial charge in [0, 0.05) is 12.1 Å². The number of allylic oxidation sites excluding steroid dienone is 6. The molecule has 1 aromatic carbocycles. The van der Waals surface area contributed by atoms with Gasteiger partial charge in [-0.25, -0.2) is 0 Å². The molecule has 1 aromatic rings. The summed E-state index contributed by atoms with van der Waals surface area (Å²) < 4.78 is 0. The van der Waals surface area contributed by atoms with Gasteiger partial charge in [0.05, 0.1) is 0 Å². The molecule has 0 bridgehead atoms. The normalized spacial score (nSPS) is 16.3. The molecule has 0 radical (unpaired) electrons. The molecule has 2 nitrogen and oxygen atoms in total. The Balaban J connectivity index is 2.25. The van der Waals surface area contributed by atoms with Crippen molar-refractivity contribution in [1.82, 2.24) is 10.6 Å². The minimum absolute atomic E-state index is 0.499. The van der Waals surface area contributed by atoms with Crippen molar-refractivity contribution in [2.24, 2.45) is 5.92 Å². The van der Waals surface area contributed by atoms with Crippen LogP contribution in [-0.2, 0) is 0 Å². The van der Waals surface area contributed by atoms with E-state index in [2.05, 4.69) is 94.0 Å². The quantitative estimate of drug-likeness (QED) is 0.336. The van der Waals surface area contributed by atoms with Crippen LogP contribution in [0, 0.1) is 5.92 Å². The highest BCUT2D eigenvalue weighted by atomic mass is 14.9. The zero-order valence-corrected chi connectivity index (χ0v) is 19.0. The van der Waals surface area contributed by atoms with Gasteiger partial charge in [0.25, 0.3) is 0 Å². The fraction of sp³-hybridized carbons (Fsp3) is 0.481. The number of benzene rings is 1. The van der Waals surface area contributed by atoms with Crippen LogP contribution in [0.2, 0.25) is 0 Å². The predicted octanol–water partition coefficient (Wildman–Crippen LogP) is 6.41. The fourth-order valence-corrected chi connectivity index (χ4v) is 3.60. The van der Waals surface area contributed by atoms with Gasteiger partial charge in [-0.15, -0.1) is 0 Å². The Labute approximate surface area is 179 Å². The Morgan fingerprint density at radius 1 is 0.897 bits per heavy atom. The molecule has 0 spiro atoms. The summed E-state index contributed by atoms with van der Waals surface area (Å²) in [5.41, 5.74) is 2.73. The van der Waals surface area contributed by atoms with Gasteiger partial charge in [-0.3, -0.25) is 0 Å². The Kier molecular flexibility index (Phi) is 13.0. The lowest BCUT2D eigenvalue weighted by atomic mass is 9.96. The van der Waals surface area contributed by atoms with E-state index in [1.165, 1.54) is 17.6 Å². The summed E-state index contributed by atoms with van der Waals surface area (Å²) in [7, 11) is 0. The van der Waals surface area contributed by atoms with Crippen LogP contribution in [0.1, 0.15) is 58.4 Å². The van der Waals surface area contributed by atoms with E-state index in [-0.39, 0.29) is 0 Å². The van der Waals surface area contributed by atoms with E-state index in [4.69, 9.17) is 0 Å². The van der Waals surface area contributed by atoms with Crippen molar-refractivity contribution >= 4 is 0 Å². The molecule has 0 aliphatic heterocycles. The third kappa shape index (κ3) is 11.0. The number of rotatable bonds is 15. The highest BCUT2D eigenvalue weighted by molar-refractivity contribution is 5.27. The minimum atomic E-state index is 0.499. The van der Waals surface area contributed by atoms with E-state index in [1.807, 2.05) is 18.2 Å². The first-order valence-corrected chi connectivity index (χ1v) is 11.1. The molecule has 0 amide bonds. The van der Waals surface area contributed by atoms with Crippen LogP contribution in [0.3, 0.4) is 0 Å². The average Bonchev–Trinajstić information content (AvgIpc) is 2.71. The maximum atomic E-state index is 3.83. The second kappa shape index (κ2) is 15.0. The van der Waals surface area contributed by atoms with Crippen molar-refractivity contribution in [2.75, 3.05) is 13.1 Å². The van der Waals surface area contributed by atoms with Gasteiger partial charge in [-0.2, -0.15) is 0 Å². The molecular formula is C27H42N2. The van der Waals surface area contributed by atoms with Gasteiger partial charge < -0.3 is 10.6 Å². The van der Waals surface area contributed by atoms with E-state index in [1.54, 1.807) is 0 Å². The molecule has 4 unspecified atom stereocenters. The summed E-state index contributed by atoms with van der Waals surface area (Å²) in [5, 5.41) is 7.38. The molecular weight excluding hydrogens is 352 g/mol. The first kappa shape index (κ1) is 25.1. The molecule has 0 aliphatic rings. The number of hydrogen-bond donors (Lipinski definition) is 2. The Bertz CT molecular complexity index is 629. The van der Waals surface area contributed by atoms with Crippen molar-refractivity contribution in [2.45, 2.75) is 65.0 Å². The molecule has 2 N–H and O–H groups in total. The SMILES string of the molecule is C=C/C=C\C(=C/C=C)C(C)CCNC(C)CC(C)NCCC(C)c1ccccc1. The molecule has 2 heteroatoms. The van der Waals surface area contributed by atoms with Gasteiger partial charge in [0.1, 0.15) is 0 Å². The van der Waals surface area contributed by atoms with Crippen LogP contribution >= 0.6 is 0 Å². The summed E-state index contributed by atoms with van der Waals surface area (Å²) in [6, 6.07) is 11.8. The zero-order valence-electron chi connectivity index (χ0n) is 19.0. The smallest absolute Gasteiger partial charge is 0.00534 e. The summed E-state index contributed by atoms with van der Waals surface area (Å²) in [4.78, 5) is 0. The Morgan fingerprint density at radius 2 is 1.52 bits per heavy atom. The third-order valence-electron chi connectivity index (χ3n) is 5.52. The Hall–Kier alpha value is -1.90. The van der Waals surface area contributed by atoms with Gasteiger partial charge in [0.2, 0.25) is 0 Å². The van der Waals surface area contributed by atoms with Crippen LogP contribution in [0.4, 0.5) is 0 Å². The molecule has 0 aliphatic carbocycles. The van der Waals surface area contributed by atoms with E-state index >= 15 is 0 Å². The maximum absolute atomic E-state index is 3.83. The molecule has 0 heterocycles. The van der Waals surface area contributed by atoms with E-state index < -0.39 is 0 Å². The number of hydrogen-bond acceptors (Lipinski definition) is 2. The molecule has 0 saturated carbocycles. The van der Waals surface area contributed by atoms with Crippen LogP contribution < -0.4 is 10.6 Å². The topological polar surface area (TPSA) is 24.1 Å². The van der Waals surface area contributed by atoms with E-state index in [0.29, 0.717) is 23.9 Å². The van der Waals surface area contributed by atoms with Gasteiger partial charge in [-0.1, -0.05) is 87.7 Å². The van der Waals surface area contributed by atoms with E-state index in [0.717, 1.165) is 25.9 Å². The largest absolute Gasteiger partial charge is 0.314 e. The zero-order chi connectivity index (χ0) is 21.5. The molecule has 0 fully saturated rings. The lowest BCUT2D eigenvalue weighted by Crippen LogP contribution is -2.36. The molecule has 0 saturated heterocycles. The molecule has 4 atom stereocenters. The van der Waals surface area contributed by atoms with Crippen LogP contribution in [0.15, 0.2) is 79.4 Å². The monoisotopic (exact) mass is 394 g/mol. The molecule has 0 aromatic heterocycles. The molecule has 1 rings (SSSR count). The van der Waals surface area contributed by atoms with Gasteiger partial charge in [-0.05, 0) is 69.2 Å². The first-order chi connectivity index (χ1) is 14.0. The Morgan fingerprint density at radius 3 is 2.10 bits per heavy atom. The second-order valence-corrected chi connectivity index (χ2v) is 8.23. The maximum Gasteiger partial charge on any atom is 0.00534 e. The minimum Gasteiger partial charge on any atom is -0.314 e. The van der Waals surface area contributed by atoms with Crippen LogP contribution in [0.25, 0.3) is 0 Å². The van der Waals surface area contributed by atoms with Crippen molar-refractivity contribution in [3.63, 3.8) is 0 Å². The van der Waals surface area contributed by atoms with Crippen molar-refractivity contribution in [3.05, 3.63) is 85.0 Å². The summed E-state index contributed by atoms with van der Waals surface area (Å²) in [6.45, 7) is 18.8. The molecule has 160 valence electrons. The summed E-state index contributed by atoms with van der Waals surface area (Å²) >= 11 is 0. The summed E-state index contributed by atoms with van der Waals surface area (Å²) in [5.74, 6) is 1.10. The van der Waals surface area contributed by atoms with Gasteiger partial charge >= 0.3 is 0 Å². The second-order valence-electron chi connectivity index (χ2n) is 8.23. The molecule has 29 heavy (non-hydrogen) atoms. The lowest BCUT2D eigenvalue weighted by Gasteiger charge is -2.22.